The molecule has 0 bridgehead atoms. The van der Waals surface area contributed by atoms with Gasteiger partial charge in [0.05, 0.1) is 6.10 Å². The third-order valence-electron chi connectivity index (χ3n) is 2.91. The van der Waals surface area contributed by atoms with Crippen molar-refractivity contribution in [1.29, 1.82) is 0 Å². The third-order valence-corrected chi connectivity index (χ3v) is 2.91. The first-order valence-corrected chi connectivity index (χ1v) is 5.62. The minimum Gasteiger partial charge on any atom is -0.389 e. The van der Waals surface area contributed by atoms with Gasteiger partial charge in [-0.05, 0) is 19.1 Å². The van der Waals surface area contributed by atoms with E-state index < -0.39 is 6.10 Å². The Balaban J connectivity index is 2.34. The molecule has 3 nitrogen and oxygen atoms in total. The van der Waals surface area contributed by atoms with E-state index in [0.717, 1.165) is 31.9 Å². The predicted molar refractivity (Wildman–Crippen MR) is 62.1 cm³/mol. The van der Waals surface area contributed by atoms with Crippen molar-refractivity contribution < 1.29 is 9.50 Å². The van der Waals surface area contributed by atoms with Crippen LogP contribution in [-0.2, 0) is 0 Å². The molecule has 88 valence electrons. The Morgan fingerprint density at radius 1 is 1.38 bits per heavy atom. The number of nitrogens with zero attached hydrogens (tertiary/aromatic N) is 1. The van der Waals surface area contributed by atoms with Gasteiger partial charge in [0.2, 0.25) is 0 Å². The molecule has 1 aromatic carbocycles. The maximum Gasteiger partial charge on any atom is 0.131 e. The molecule has 0 spiro atoms. The average molecular weight is 224 g/mol. The van der Waals surface area contributed by atoms with Crippen molar-refractivity contribution >= 4 is 5.69 Å². The van der Waals surface area contributed by atoms with Gasteiger partial charge < -0.3 is 15.3 Å². The minimum atomic E-state index is -0.772. The molecule has 1 fully saturated rings. The number of benzene rings is 1. The maximum atomic E-state index is 13.7. The van der Waals surface area contributed by atoms with Crippen LogP contribution >= 0.6 is 0 Å². The topological polar surface area (TPSA) is 35.5 Å². The van der Waals surface area contributed by atoms with E-state index >= 15 is 0 Å². The van der Waals surface area contributed by atoms with Gasteiger partial charge in [-0.3, -0.25) is 0 Å². The second kappa shape index (κ2) is 4.80. The van der Waals surface area contributed by atoms with E-state index in [0.29, 0.717) is 5.56 Å². The van der Waals surface area contributed by atoms with Gasteiger partial charge in [0.15, 0.2) is 0 Å². The highest BCUT2D eigenvalue weighted by Gasteiger charge is 2.19. The van der Waals surface area contributed by atoms with E-state index in [-0.39, 0.29) is 5.82 Å². The summed E-state index contributed by atoms with van der Waals surface area (Å²) in [7, 11) is 0. The molecule has 16 heavy (non-hydrogen) atoms. The van der Waals surface area contributed by atoms with Crippen LogP contribution < -0.4 is 10.2 Å². The zero-order chi connectivity index (χ0) is 11.5. The van der Waals surface area contributed by atoms with Crippen LogP contribution in [0.25, 0.3) is 0 Å². The largest absolute Gasteiger partial charge is 0.389 e. The molecule has 4 heteroatoms. The van der Waals surface area contributed by atoms with Crippen molar-refractivity contribution in [1.82, 2.24) is 5.32 Å². The molecule has 1 atom stereocenters. The molecule has 0 radical (unpaired) electrons. The Hall–Kier alpha value is -1.13. The molecule has 0 unspecified atom stereocenters. The first-order valence-electron chi connectivity index (χ1n) is 5.62. The van der Waals surface area contributed by atoms with E-state index in [1.807, 2.05) is 6.07 Å². The molecule has 1 aliphatic heterocycles. The van der Waals surface area contributed by atoms with Crippen LogP contribution in [0.4, 0.5) is 10.1 Å². The quantitative estimate of drug-likeness (QED) is 0.794. The number of anilines is 1. The Bertz CT molecular complexity index is 362. The maximum absolute atomic E-state index is 13.7. The predicted octanol–water partition coefficient (Wildman–Crippen LogP) is 1.29. The molecule has 1 aromatic rings. The Labute approximate surface area is 94.9 Å². The number of aliphatic hydroxyl groups excluding tert-OH is 1. The van der Waals surface area contributed by atoms with Crippen molar-refractivity contribution in [2.24, 2.45) is 0 Å². The van der Waals surface area contributed by atoms with Gasteiger partial charge in [0, 0.05) is 37.4 Å². The molecule has 1 aliphatic rings. The van der Waals surface area contributed by atoms with E-state index in [4.69, 9.17) is 0 Å². The number of nitrogens with one attached hydrogen (secondary N) is 1. The van der Waals surface area contributed by atoms with Crippen molar-refractivity contribution in [3.63, 3.8) is 0 Å². The lowest BCUT2D eigenvalue weighted by atomic mass is 10.1. The number of piperazine rings is 1. The fourth-order valence-electron chi connectivity index (χ4n) is 2.12. The van der Waals surface area contributed by atoms with Crippen molar-refractivity contribution in [2.45, 2.75) is 13.0 Å². The van der Waals surface area contributed by atoms with Crippen LogP contribution in [0.3, 0.4) is 0 Å². The van der Waals surface area contributed by atoms with Gasteiger partial charge in [0.25, 0.3) is 0 Å². The molecule has 1 saturated heterocycles. The summed E-state index contributed by atoms with van der Waals surface area (Å²) in [5.41, 5.74) is 1.22. The standard InChI is InChI=1S/C12H17FN2O/c1-9(16)12-10(13)3-2-4-11(12)15-7-5-14-6-8-15/h2-4,9,14,16H,5-8H2,1H3/t9-/m0/s1. The number of halogens is 1. The lowest BCUT2D eigenvalue weighted by molar-refractivity contribution is 0.194. The van der Waals surface area contributed by atoms with E-state index in [1.54, 1.807) is 13.0 Å². The average Bonchev–Trinajstić information content (AvgIpc) is 2.29. The highest BCUT2D eigenvalue weighted by atomic mass is 19.1. The Morgan fingerprint density at radius 2 is 2.06 bits per heavy atom. The second-order valence-electron chi connectivity index (χ2n) is 4.09. The fourth-order valence-corrected chi connectivity index (χ4v) is 2.12. The minimum absolute atomic E-state index is 0.328. The van der Waals surface area contributed by atoms with Crippen molar-refractivity contribution in [3.8, 4) is 0 Å². The monoisotopic (exact) mass is 224 g/mol. The number of rotatable bonds is 2. The summed E-state index contributed by atoms with van der Waals surface area (Å²) in [5.74, 6) is -0.328. The van der Waals surface area contributed by atoms with Gasteiger partial charge in [-0.1, -0.05) is 6.07 Å². The van der Waals surface area contributed by atoms with E-state index in [9.17, 15) is 9.50 Å². The number of aliphatic hydroxyl groups is 1. The molecular formula is C12H17FN2O. The normalized spacial score (nSPS) is 18.6. The molecule has 0 saturated carbocycles. The van der Waals surface area contributed by atoms with Crippen molar-refractivity contribution in [2.75, 3.05) is 31.1 Å². The van der Waals surface area contributed by atoms with Crippen LogP contribution in [0.2, 0.25) is 0 Å². The second-order valence-corrected chi connectivity index (χ2v) is 4.09. The third kappa shape index (κ3) is 2.18. The SMILES string of the molecule is C[C@H](O)c1c(F)cccc1N1CCNCC1. The summed E-state index contributed by atoms with van der Waals surface area (Å²) in [4.78, 5) is 2.11. The van der Waals surface area contributed by atoms with Gasteiger partial charge >= 0.3 is 0 Å². The number of hydrogen-bond acceptors (Lipinski definition) is 3. The summed E-state index contributed by atoms with van der Waals surface area (Å²) in [6, 6.07) is 4.96. The summed E-state index contributed by atoms with van der Waals surface area (Å²) in [5, 5.41) is 12.9. The highest BCUT2D eigenvalue weighted by molar-refractivity contribution is 5.55. The lowest BCUT2D eigenvalue weighted by Crippen LogP contribution is -2.44. The van der Waals surface area contributed by atoms with Gasteiger partial charge in [0.1, 0.15) is 5.82 Å². The lowest BCUT2D eigenvalue weighted by Gasteiger charge is -2.31. The van der Waals surface area contributed by atoms with Crippen LogP contribution in [0, 0.1) is 5.82 Å². The Kier molecular flexibility index (Phi) is 3.41. The first-order chi connectivity index (χ1) is 7.70. The molecular weight excluding hydrogens is 207 g/mol. The summed E-state index contributed by atoms with van der Waals surface area (Å²) < 4.78 is 13.7. The van der Waals surface area contributed by atoms with Gasteiger partial charge in [-0.2, -0.15) is 0 Å². The molecule has 0 amide bonds. The van der Waals surface area contributed by atoms with Crippen LogP contribution in [-0.4, -0.2) is 31.3 Å². The van der Waals surface area contributed by atoms with Crippen LogP contribution in [0.5, 0.6) is 0 Å². The van der Waals surface area contributed by atoms with Crippen LogP contribution in [0.15, 0.2) is 18.2 Å². The first kappa shape index (κ1) is 11.4. The van der Waals surface area contributed by atoms with E-state index in [2.05, 4.69) is 10.2 Å². The number of hydrogen-bond donors (Lipinski definition) is 2. The highest BCUT2D eigenvalue weighted by Crippen LogP contribution is 2.28. The molecule has 1 heterocycles. The smallest absolute Gasteiger partial charge is 0.131 e. The fraction of sp³-hybridized carbons (Fsp3) is 0.500. The molecule has 2 rings (SSSR count). The van der Waals surface area contributed by atoms with Crippen molar-refractivity contribution in [3.05, 3.63) is 29.6 Å². The summed E-state index contributed by atoms with van der Waals surface area (Å²) in [6.45, 7) is 5.10. The Morgan fingerprint density at radius 3 is 2.69 bits per heavy atom. The van der Waals surface area contributed by atoms with Gasteiger partial charge in [-0.15, -0.1) is 0 Å². The van der Waals surface area contributed by atoms with Gasteiger partial charge in [-0.25, -0.2) is 4.39 Å². The summed E-state index contributed by atoms with van der Waals surface area (Å²) >= 11 is 0. The zero-order valence-electron chi connectivity index (χ0n) is 9.41. The molecule has 2 N–H and O–H groups in total. The zero-order valence-corrected chi connectivity index (χ0v) is 9.41. The van der Waals surface area contributed by atoms with Crippen LogP contribution in [0.1, 0.15) is 18.6 Å². The summed E-state index contributed by atoms with van der Waals surface area (Å²) in [6.07, 6.45) is -0.772. The molecule has 0 aliphatic carbocycles. The van der Waals surface area contributed by atoms with E-state index in [1.165, 1.54) is 6.07 Å². The molecule has 0 aromatic heterocycles.